The van der Waals surface area contributed by atoms with Gasteiger partial charge in [0.05, 0.1) is 17.9 Å². The molecule has 0 radical (unpaired) electrons. The topological polar surface area (TPSA) is 99.1 Å². The van der Waals surface area contributed by atoms with Crippen LogP contribution in [0.1, 0.15) is 34.7 Å². The average Bonchev–Trinajstić information content (AvgIpc) is 3.26. The Morgan fingerprint density at radius 2 is 2.11 bits per heavy atom. The number of nitrogens with one attached hydrogen (secondary N) is 2. The number of hydrogen-bond donors (Lipinski definition) is 2. The number of rotatable bonds is 3. The molecule has 0 aliphatic carbocycles. The fraction of sp³-hybridized carbons (Fsp3) is 0.579. The largest absolute Gasteiger partial charge is 0.336 e. The molecule has 0 aromatic carbocycles. The zero-order chi connectivity index (χ0) is 19.8. The molecule has 0 spiro atoms. The molecular formula is C19H27N7O2. The summed E-state index contributed by atoms with van der Waals surface area (Å²) in [6.07, 6.45) is 1.84. The van der Waals surface area contributed by atoms with Gasteiger partial charge in [-0.2, -0.15) is 10.2 Å². The minimum absolute atomic E-state index is 0.0646. The molecule has 4 rings (SSSR count). The number of aromatic amines is 1. The van der Waals surface area contributed by atoms with Gasteiger partial charge < -0.3 is 15.1 Å². The third-order valence-electron chi connectivity index (χ3n) is 5.82. The zero-order valence-corrected chi connectivity index (χ0v) is 16.7. The van der Waals surface area contributed by atoms with Gasteiger partial charge >= 0.3 is 0 Å². The SMILES string of the molecule is Cc1nn(C)c(C)c1-c1cc(C(=O)N2CCCC(N3CCNCC3=O)C2)[nH]n1. The van der Waals surface area contributed by atoms with Crippen LogP contribution in [-0.4, -0.2) is 80.4 Å². The molecule has 2 aromatic rings. The van der Waals surface area contributed by atoms with Crippen molar-refractivity contribution in [2.75, 3.05) is 32.7 Å². The first-order chi connectivity index (χ1) is 13.5. The summed E-state index contributed by atoms with van der Waals surface area (Å²) in [6.45, 7) is 7.11. The van der Waals surface area contributed by atoms with Gasteiger partial charge in [-0.3, -0.25) is 19.4 Å². The Labute approximate surface area is 164 Å². The quantitative estimate of drug-likeness (QED) is 0.800. The van der Waals surface area contributed by atoms with Crippen molar-refractivity contribution >= 4 is 11.8 Å². The van der Waals surface area contributed by atoms with Gasteiger partial charge in [0, 0.05) is 50.5 Å². The van der Waals surface area contributed by atoms with Crippen LogP contribution in [0, 0.1) is 13.8 Å². The number of amides is 2. The number of hydrogen-bond acceptors (Lipinski definition) is 5. The Kier molecular flexibility index (Phi) is 4.92. The van der Waals surface area contributed by atoms with E-state index >= 15 is 0 Å². The van der Waals surface area contributed by atoms with E-state index in [1.165, 1.54) is 0 Å². The van der Waals surface area contributed by atoms with Gasteiger partial charge in [-0.1, -0.05) is 0 Å². The number of carbonyl (C=O) groups is 2. The van der Waals surface area contributed by atoms with E-state index in [1.807, 2.05) is 35.4 Å². The van der Waals surface area contributed by atoms with Crippen LogP contribution < -0.4 is 5.32 Å². The first kappa shape index (κ1) is 18.7. The summed E-state index contributed by atoms with van der Waals surface area (Å²) < 4.78 is 1.82. The number of aryl methyl sites for hydroxylation is 2. The van der Waals surface area contributed by atoms with Crippen LogP contribution in [0.15, 0.2) is 6.07 Å². The van der Waals surface area contributed by atoms with Crippen molar-refractivity contribution in [1.82, 2.24) is 35.1 Å². The highest BCUT2D eigenvalue weighted by molar-refractivity contribution is 5.93. The third-order valence-corrected chi connectivity index (χ3v) is 5.82. The zero-order valence-electron chi connectivity index (χ0n) is 16.7. The molecule has 2 fully saturated rings. The van der Waals surface area contributed by atoms with Gasteiger partial charge in [0.2, 0.25) is 5.91 Å². The Morgan fingerprint density at radius 3 is 2.82 bits per heavy atom. The lowest BCUT2D eigenvalue weighted by molar-refractivity contribution is -0.135. The van der Waals surface area contributed by atoms with E-state index in [2.05, 4.69) is 20.6 Å². The van der Waals surface area contributed by atoms with E-state index in [4.69, 9.17) is 0 Å². The van der Waals surface area contributed by atoms with E-state index in [0.717, 1.165) is 42.0 Å². The first-order valence-electron chi connectivity index (χ1n) is 9.81. The second-order valence-electron chi connectivity index (χ2n) is 7.65. The molecule has 2 aliphatic heterocycles. The van der Waals surface area contributed by atoms with Gasteiger partial charge in [0.25, 0.3) is 5.91 Å². The minimum Gasteiger partial charge on any atom is -0.336 e. The molecule has 2 amide bonds. The number of nitrogens with zero attached hydrogens (tertiary/aromatic N) is 5. The molecular weight excluding hydrogens is 358 g/mol. The Balaban J connectivity index is 1.50. The maximum Gasteiger partial charge on any atom is 0.271 e. The fourth-order valence-corrected chi connectivity index (χ4v) is 4.27. The van der Waals surface area contributed by atoms with E-state index in [1.54, 1.807) is 6.07 Å². The molecule has 150 valence electrons. The summed E-state index contributed by atoms with van der Waals surface area (Å²) in [6, 6.07) is 1.90. The average molecular weight is 385 g/mol. The Bertz CT molecular complexity index is 900. The Hall–Kier alpha value is -2.68. The van der Waals surface area contributed by atoms with Crippen molar-refractivity contribution < 1.29 is 9.59 Å². The van der Waals surface area contributed by atoms with Crippen molar-refractivity contribution in [2.45, 2.75) is 32.7 Å². The van der Waals surface area contributed by atoms with Gasteiger partial charge in [-0.05, 0) is 32.8 Å². The van der Waals surface area contributed by atoms with E-state index in [0.29, 0.717) is 31.9 Å². The van der Waals surface area contributed by atoms with Crippen LogP contribution in [0.2, 0.25) is 0 Å². The molecule has 2 saturated heterocycles. The fourth-order valence-electron chi connectivity index (χ4n) is 4.27. The number of piperazine rings is 1. The summed E-state index contributed by atoms with van der Waals surface area (Å²) >= 11 is 0. The van der Waals surface area contributed by atoms with Crippen LogP contribution >= 0.6 is 0 Å². The van der Waals surface area contributed by atoms with Crippen LogP contribution in [0.5, 0.6) is 0 Å². The first-order valence-corrected chi connectivity index (χ1v) is 9.81. The molecule has 0 bridgehead atoms. The van der Waals surface area contributed by atoms with Gasteiger partial charge in [0.1, 0.15) is 5.69 Å². The summed E-state index contributed by atoms with van der Waals surface area (Å²) in [4.78, 5) is 29.0. The lowest BCUT2D eigenvalue weighted by Gasteiger charge is -2.41. The monoisotopic (exact) mass is 385 g/mol. The normalized spacial score (nSPS) is 20.7. The number of aromatic nitrogens is 4. The molecule has 2 N–H and O–H groups in total. The molecule has 9 nitrogen and oxygen atoms in total. The highest BCUT2D eigenvalue weighted by Gasteiger charge is 2.32. The Morgan fingerprint density at radius 1 is 1.29 bits per heavy atom. The summed E-state index contributed by atoms with van der Waals surface area (Å²) in [5.41, 5.74) is 4.07. The summed E-state index contributed by atoms with van der Waals surface area (Å²) in [5, 5.41) is 14.8. The van der Waals surface area contributed by atoms with Crippen LogP contribution in [0.25, 0.3) is 11.3 Å². The van der Waals surface area contributed by atoms with E-state index < -0.39 is 0 Å². The standard InChI is InChI=1S/C19H27N7O2/c1-12-18(13(2)24(3)23-12)15-9-16(22-21-15)19(28)25-7-4-5-14(11-25)26-8-6-20-10-17(26)27/h9,14,20H,4-8,10-11H2,1-3H3,(H,21,22). The number of H-pyrrole nitrogens is 1. The number of piperidine rings is 1. The molecule has 1 atom stereocenters. The minimum atomic E-state index is -0.0646. The second kappa shape index (κ2) is 7.38. The summed E-state index contributed by atoms with van der Waals surface area (Å²) in [7, 11) is 1.90. The van der Waals surface area contributed by atoms with Crippen LogP contribution in [0.4, 0.5) is 0 Å². The smallest absolute Gasteiger partial charge is 0.271 e. The lowest BCUT2D eigenvalue weighted by Crippen LogP contribution is -2.57. The maximum absolute atomic E-state index is 13.0. The molecule has 4 heterocycles. The predicted octanol–water partition coefficient (Wildman–Crippen LogP) is 0.463. The molecule has 0 saturated carbocycles. The van der Waals surface area contributed by atoms with Crippen molar-refractivity contribution in [3.63, 3.8) is 0 Å². The van der Waals surface area contributed by atoms with Crippen molar-refractivity contribution in [3.8, 4) is 11.3 Å². The van der Waals surface area contributed by atoms with Crippen LogP contribution in [0.3, 0.4) is 0 Å². The molecule has 1 unspecified atom stereocenters. The maximum atomic E-state index is 13.0. The highest BCUT2D eigenvalue weighted by Crippen LogP contribution is 2.26. The van der Waals surface area contributed by atoms with Gasteiger partial charge in [0.15, 0.2) is 0 Å². The van der Waals surface area contributed by atoms with Crippen molar-refractivity contribution in [1.29, 1.82) is 0 Å². The van der Waals surface area contributed by atoms with Crippen molar-refractivity contribution in [2.24, 2.45) is 7.05 Å². The van der Waals surface area contributed by atoms with Gasteiger partial charge in [-0.15, -0.1) is 0 Å². The number of likely N-dealkylation sites (tertiary alicyclic amines) is 1. The highest BCUT2D eigenvalue weighted by atomic mass is 16.2. The van der Waals surface area contributed by atoms with E-state index in [9.17, 15) is 9.59 Å². The van der Waals surface area contributed by atoms with Crippen molar-refractivity contribution in [3.05, 3.63) is 23.1 Å². The second-order valence-corrected chi connectivity index (χ2v) is 7.65. The number of carbonyl (C=O) groups excluding carboxylic acids is 2. The van der Waals surface area contributed by atoms with Crippen LogP contribution in [-0.2, 0) is 11.8 Å². The lowest BCUT2D eigenvalue weighted by atomic mass is 10.0. The molecule has 9 heteroatoms. The van der Waals surface area contributed by atoms with E-state index in [-0.39, 0.29) is 17.9 Å². The predicted molar refractivity (Wildman–Crippen MR) is 104 cm³/mol. The third kappa shape index (κ3) is 3.30. The summed E-state index contributed by atoms with van der Waals surface area (Å²) in [5.74, 6) is 0.0575. The molecule has 2 aromatic heterocycles. The van der Waals surface area contributed by atoms with Gasteiger partial charge in [-0.25, -0.2) is 0 Å². The molecule has 28 heavy (non-hydrogen) atoms. The molecule has 2 aliphatic rings.